The fourth-order valence-corrected chi connectivity index (χ4v) is 2.04. The highest BCUT2D eigenvalue weighted by atomic mass is 35.5. The summed E-state index contributed by atoms with van der Waals surface area (Å²) in [6.45, 7) is 2.06. The van der Waals surface area contributed by atoms with Crippen molar-refractivity contribution in [3.63, 3.8) is 0 Å². The summed E-state index contributed by atoms with van der Waals surface area (Å²) < 4.78 is 0. The van der Waals surface area contributed by atoms with Crippen molar-refractivity contribution in [2.24, 2.45) is 0 Å². The van der Waals surface area contributed by atoms with Crippen LogP contribution in [0.15, 0.2) is 36.9 Å². The average molecular weight is 274 g/mol. The number of aromatic nitrogens is 4. The average Bonchev–Trinajstić information content (AvgIpc) is 2.89. The molecule has 0 amide bonds. The Kier molecular flexibility index (Phi) is 3.05. The second kappa shape index (κ2) is 4.85. The summed E-state index contributed by atoms with van der Waals surface area (Å²) in [5, 5.41) is 4.07. The summed E-state index contributed by atoms with van der Waals surface area (Å²) in [6.07, 6.45) is 3.11. The number of imidazole rings is 1. The summed E-state index contributed by atoms with van der Waals surface area (Å²) >= 11 is 5.89. The van der Waals surface area contributed by atoms with Crippen LogP contribution < -0.4 is 5.32 Å². The number of halogens is 1. The van der Waals surface area contributed by atoms with Crippen molar-refractivity contribution in [2.45, 2.75) is 13.0 Å². The molecule has 19 heavy (non-hydrogen) atoms. The van der Waals surface area contributed by atoms with E-state index < -0.39 is 0 Å². The van der Waals surface area contributed by atoms with Gasteiger partial charge in [-0.25, -0.2) is 15.0 Å². The fraction of sp³-hybridized carbons (Fsp3) is 0.154. The predicted octanol–water partition coefficient (Wildman–Crippen LogP) is 3.18. The predicted molar refractivity (Wildman–Crippen MR) is 75.2 cm³/mol. The number of H-pyrrole nitrogens is 1. The Morgan fingerprint density at radius 2 is 1.95 bits per heavy atom. The molecule has 6 heteroatoms. The first kappa shape index (κ1) is 11.9. The van der Waals surface area contributed by atoms with E-state index >= 15 is 0 Å². The van der Waals surface area contributed by atoms with Gasteiger partial charge in [-0.15, -0.1) is 0 Å². The fourth-order valence-electron chi connectivity index (χ4n) is 1.91. The van der Waals surface area contributed by atoms with Gasteiger partial charge in [0.2, 0.25) is 0 Å². The minimum Gasteiger partial charge on any atom is -0.362 e. The van der Waals surface area contributed by atoms with E-state index in [1.54, 1.807) is 6.33 Å². The van der Waals surface area contributed by atoms with Crippen LogP contribution in [0.2, 0.25) is 5.02 Å². The first-order chi connectivity index (χ1) is 9.24. The molecule has 0 bridgehead atoms. The van der Waals surface area contributed by atoms with Gasteiger partial charge in [-0.2, -0.15) is 0 Å². The standard InChI is InChI=1S/C13H12ClN5/c1-8(9-2-4-10(14)5-3-9)19-13-11-12(16-6-15-11)17-7-18-13/h2-8H,1H3,(H2,15,16,17,18,19). The normalized spacial score (nSPS) is 12.5. The zero-order valence-corrected chi connectivity index (χ0v) is 11.0. The Labute approximate surface area is 115 Å². The van der Waals surface area contributed by atoms with Crippen LogP contribution in [0.5, 0.6) is 0 Å². The highest BCUT2D eigenvalue weighted by Gasteiger charge is 2.10. The van der Waals surface area contributed by atoms with Gasteiger partial charge in [-0.05, 0) is 24.6 Å². The third-order valence-electron chi connectivity index (χ3n) is 2.95. The van der Waals surface area contributed by atoms with Crippen molar-refractivity contribution in [3.05, 3.63) is 47.5 Å². The molecule has 2 aromatic heterocycles. The summed E-state index contributed by atoms with van der Waals surface area (Å²) in [5.41, 5.74) is 2.60. The molecule has 0 radical (unpaired) electrons. The number of nitrogens with one attached hydrogen (secondary N) is 2. The largest absolute Gasteiger partial charge is 0.362 e. The van der Waals surface area contributed by atoms with E-state index in [-0.39, 0.29) is 6.04 Å². The number of nitrogens with zero attached hydrogens (tertiary/aromatic N) is 3. The van der Waals surface area contributed by atoms with Gasteiger partial charge in [0.05, 0.1) is 12.4 Å². The zero-order valence-electron chi connectivity index (χ0n) is 10.3. The lowest BCUT2D eigenvalue weighted by Gasteiger charge is -2.15. The Bertz CT molecular complexity index is 692. The summed E-state index contributed by atoms with van der Waals surface area (Å²) in [6, 6.07) is 7.84. The van der Waals surface area contributed by atoms with Gasteiger partial charge in [0.15, 0.2) is 11.5 Å². The van der Waals surface area contributed by atoms with Gasteiger partial charge in [0, 0.05) is 5.02 Å². The molecule has 0 fully saturated rings. The molecule has 5 nitrogen and oxygen atoms in total. The lowest BCUT2D eigenvalue weighted by Crippen LogP contribution is -2.08. The Hall–Kier alpha value is -2.14. The maximum absolute atomic E-state index is 5.89. The van der Waals surface area contributed by atoms with Crippen LogP contribution in [0.3, 0.4) is 0 Å². The van der Waals surface area contributed by atoms with Crippen LogP contribution >= 0.6 is 11.6 Å². The number of hydrogen-bond donors (Lipinski definition) is 2. The molecule has 0 saturated carbocycles. The number of hydrogen-bond acceptors (Lipinski definition) is 4. The van der Waals surface area contributed by atoms with Gasteiger partial charge in [0.25, 0.3) is 0 Å². The molecule has 1 aromatic carbocycles. The molecule has 3 aromatic rings. The van der Waals surface area contributed by atoms with Crippen LogP contribution in [0.4, 0.5) is 5.82 Å². The quantitative estimate of drug-likeness (QED) is 0.769. The van der Waals surface area contributed by atoms with E-state index in [0.717, 1.165) is 21.9 Å². The van der Waals surface area contributed by atoms with Crippen molar-refractivity contribution in [2.75, 3.05) is 5.32 Å². The van der Waals surface area contributed by atoms with Gasteiger partial charge >= 0.3 is 0 Å². The van der Waals surface area contributed by atoms with Crippen LogP contribution in [-0.2, 0) is 0 Å². The number of rotatable bonds is 3. The van der Waals surface area contributed by atoms with Gasteiger partial charge in [-0.3, -0.25) is 0 Å². The first-order valence-corrected chi connectivity index (χ1v) is 6.28. The van der Waals surface area contributed by atoms with E-state index in [1.807, 2.05) is 24.3 Å². The van der Waals surface area contributed by atoms with Gasteiger partial charge in [-0.1, -0.05) is 23.7 Å². The van der Waals surface area contributed by atoms with Crippen molar-refractivity contribution in [3.8, 4) is 0 Å². The molecule has 0 spiro atoms. The summed E-state index contributed by atoms with van der Waals surface area (Å²) in [5.74, 6) is 0.741. The van der Waals surface area contributed by atoms with Crippen LogP contribution in [0.1, 0.15) is 18.5 Å². The minimum atomic E-state index is 0.110. The van der Waals surface area contributed by atoms with E-state index in [2.05, 4.69) is 32.2 Å². The molecule has 0 aliphatic rings. The Morgan fingerprint density at radius 3 is 2.74 bits per heavy atom. The molecule has 0 aliphatic heterocycles. The van der Waals surface area contributed by atoms with E-state index in [0.29, 0.717) is 5.65 Å². The monoisotopic (exact) mass is 273 g/mol. The molecule has 2 heterocycles. The van der Waals surface area contributed by atoms with Crippen molar-refractivity contribution in [1.29, 1.82) is 0 Å². The second-order valence-corrected chi connectivity index (χ2v) is 4.68. The smallest absolute Gasteiger partial charge is 0.182 e. The first-order valence-electron chi connectivity index (χ1n) is 5.90. The van der Waals surface area contributed by atoms with E-state index in [4.69, 9.17) is 11.6 Å². The molecule has 2 N–H and O–H groups in total. The third-order valence-corrected chi connectivity index (χ3v) is 3.20. The van der Waals surface area contributed by atoms with Crippen LogP contribution in [0, 0.1) is 0 Å². The Morgan fingerprint density at radius 1 is 1.16 bits per heavy atom. The lowest BCUT2D eigenvalue weighted by atomic mass is 10.1. The van der Waals surface area contributed by atoms with Crippen LogP contribution in [-0.4, -0.2) is 19.9 Å². The number of fused-ring (bicyclic) bond motifs is 1. The SMILES string of the molecule is CC(Nc1ncnc2nc[nH]c12)c1ccc(Cl)cc1. The summed E-state index contributed by atoms with van der Waals surface area (Å²) in [4.78, 5) is 15.5. The molecule has 0 saturated heterocycles. The zero-order chi connectivity index (χ0) is 13.2. The molecular formula is C13H12ClN5. The van der Waals surface area contributed by atoms with E-state index in [9.17, 15) is 0 Å². The summed E-state index contributed by atoms with van der Waals surface area (Å²) in [7, 11) is 0. The molecular weight excluding hydrogens is 262 g/mol. The van der Waals surface area contributed by atoms with Gasteiger partial charge in [0.1, 0.15) is 11.8 Å². The third kappa shape index (κ3) is 2.37. The molecule has 0 aliphatic carbocycles. The van der Waals surface area contributed by atoms with Crippen molar-refractivity contribution < 1.29 is 0 Å². The van der Waals surface area contributed by atoms with Crippen LogP contribution in [0.25, 0.3) is 11.2 Å². The highest BCUT2D eigenvalue weighted by Crippen LogP contribution is 2.22. The molecule has 3 rings (SSSR count). The number of anilines is 1. The highest BCUT2D eigenvalue weighted by molar-refractivity contribution is 6.30. The Balaban J connectivity index is 1.88. The second-order valence-electron chi connectivity index (χ2n) is 4.24. The topological polar surface area (TPSA) is 66.5 Å². The maximum atomic E-state index is 5.89. The van der Waals surface area contributed by atoms with Crippen molar-refractivity contribution in [1.82, 2.24) is 19.9 Å². The number of benzene rings is 1. The molecule has 1 atom stereocenters. The maximum Gasteiger partial charge on any atom is 0.182 e. The molecule has 1 unspecified atom stereocenters. The molecule has 96 valence electrons. The number of aromatic amines is 1. The minimum absolute atomic E-state index is 0.110. The lowest BCUT2D eigenvalue weighted by molar-refractivity contribution is 0.875. The van der Waals surface area contributed by atoms with Gasteiger partial charge < -0.3 is 10.3 Å². The van der Waals surface area contributed by atoms with Crippen molar-refractivity contribution >= 4 is 28.6 Å². The van der Waals surface area contributed by atoms with E-state index in [1.165, 1.54) is 6.33 Å².